The monoisotopic (exact) mass is 778 g/mol. The van der Waals surface area contributed by atoms with Crippen molar-refractivity contribution in [3.05, 3.63) is 231 Å². The van der Waals surface area contributed by atoms with E-state index < -0.39 is 0 Å². The maximum Gasteiger partial charge on any atom is 0.143 e. The Bertz CT molecular complexity index is 3560. The first-order chi connectivity index (χ1) is 30.2. The molecule has 0 saturated carbocycles. The summed E-state index contributed by atoms with van der Waals surface area (Å²) in [5, 5.41) is 7.19. The predicted molar refractivity (Wildman–Crippen MR) is 257 cm³/mol. The number of nitrogens with zero attached hydrogens (tertiary/aromatic N) is 2. The van der Waals surface area contributed by atoms with Crippen LogP contribution in [0.4, 0.5) is 17.1 Å². The molecule has 2 aromatic heterocycles. The fraction of sp³-hybridized carbons (Fsp3) is 0. The highest BCUT2D eigenvalue weighted by Gasteiger charge is 2.18. The molecule has 0 atom stereocenters. The molecule has 0 spiro atoms. The smallest absolute Gasteiger partial charge is 0.143 e. The summed E-state index contributed by atoms with van der Waals surface area (Å²) in [6.07, 6.45) is 0. The van der Waals surface area contributed by atoms with Crippen LogP contribution in [-0.4, -0.2) is 4.57 Å². The van der Waals surface area contributed by atoms with E-state index in [1.54, 1.807) is 0 Å². The van der Waals surface area contributed by atoms with E-state index >= 15 is 0 Å². The van der Waals surface area contributed by atoms with Crippen molar-refractivity contribution < 1.29 is 4.42 Å². The second kappa shape index (κ2) is 14.3. The van der Waals surface area contributed by atoms with Crippen molar-refractivity contribution >= 4 is 71.6 Å². The van der Waals surface area contributed by atoms with Gasteiger partial charge in [-0.2, -0.15) is 0 Å². The molecule has 0 radical (unpaired) electrons. The van der Waals surface area contributed by atoms with Crippen molar-refractivity contribution in [2.24, 2.45) is 0 Å². The molecule has 10 aromatic carbocycles. The van der Waals surface area contributed by atoms with Gasteiger partial charge >= 0.3 is 0 Å². The van der Waals surface area contributed by atoms with E-state index in [1.165, 1.54) is 43.7 Å². The third kappa shape index (κ3) is 5.90. The number of para-hydroxylation sites is 5. The van der Waals surface area contributed by atoms with Crippen LogP contribution in [0.15, 0.2) is 235 Å². The van der Waals surface area contributed by atoms with Crippen LogP contribution < -0.4 is 4.90 Å². The fourth-order valence-electron chi connectivity index (χ4n) is 9.31. The van der Waals surface area contributed by atoms with Crippen LogP contribution in [-0.2, 0) is 0 Å². The summed E-state index contributed by atoms with van der Waals surface area (Å²) in [5.41, 5.74) is 15.5. The number of furan rings is 1. The van der Waals surface area contributed by atoms with Gasteiger partial charge < -0.3 is 13.9 Å². The van der Waals surface area contributed by atoms with Gasteiger partial charge in [-0.3, -0.25) is 0 Å². The van der Waals surface area contributed by atoms with Crippen molar-refractivity contribution in [3.63, 3.8) is 0 Å². The summed E-state index contributed by atoms with van der Waals surface area (Å²) in [6.45, 7) is 0. The number of aromatic nitrogens is 1. The molecular weight excluding hydrogens is 741 g/mol. The van der Waals surface area contributed by atoms with Crippen LogP contribution in [0.5, 0.6) is 0 Å². The summed E-state index contributed by atoms with van der Waals surface area (Å²) in [5.74, 6) is 0. The Hall–Kier alpha value is -8.14. The van der Waals surface area contributed by atoms with Gasteiger partial charge in [0.1, 0.15) is 11.2 Å². The van der Waals surface area contributed by atoms with E-state index in [0.29, 0.717) is 0 Å². The molecule has 0 N–H and O–H groups in total. The number of benzene rings is 10. The predicted octanol–water partition coefficient (Wildman–Crippen LogP) is 16.3. The van der Waals surface area contributed by atoms with Gasteiger partial charge in [0.25, 0.3) is 0 Å². The standard InChI is InChI=1S/C58H38N2O/c1-2-15-42-37-47(35-30-39(42)14-1)59(45-33-31-40(32-34-45)49-24-13-25-53-52-23-6-10-29-57(52)61-58(49)53)46-19-12-17-43(38-46)41-16-11-18-44(36-41)48-20-3-7-26-54(48)60-55-27-8-4-21-50(55)51-22-5-9-28-56(51)60/h1-38H. The summed E-state index contributed by atoms with van der Waals surface area (Å²) in [4.78, 5) is 2.36. The zero-order chi connectivity index (χ0) is 40.3. The Morgan fingerprint density at radius 1 is 0.328 bits per heavy atom. The molecule has 0 aliphatic carbocycles. The summed E-state index contributed by atoms with van der Waals surface area (Å²) >= 11 is 0. The lowest BCUT2D eigenvalue weighted by Gasteiger charge is -2.26. The van der Waals surface area contributed by atoms with E-state index in [2.05, 4.69) is 228 Å². The van der Waals surface area contributed by atoms with E-state index in [1.807, 2.05) is 12.1 Å². The second-order valence-corrected chi connectivity index (χ2v) is 15.7. The first-order valence-electron chi connectivity index (χ1n) is 20.8. The average Bonchev–Trinajstić information content (AvgIpc) is 3.88. The topological polar surface area (TPSA) is 21.3 Å². The van der Waals surface area contributed by atoms with Gasteiger partial charge in [-0.1, -0.05) is 164 Å². The molecule has 0 amide bonds. The van der Waals surface area contributed by atoms with Crippen molar-refractivity contribution in [2.45, 2.75) is 0 Å². The summed E-state index contributed by atoms with van der Waals surface area (Å²) < 4.78 is 8.85. The van der Waals surface area contributed by atoms with Crippen LogP contribution in [0, 0.1) is 0 Å². The van der Waals surface area contributed by atoms with Crippen molar-refractivity contribution in [3.8, 4) is 39.1 Å². The minimum absolute atomic E-state index is 0.904. The molecule has 0 saturated heterocycles. The zero-order valence-electron chi connectivity index (χ0n) is 33.2. The number of hydrogen-bond donors (Lipinski definition) is 0. The molecule has 3 heteroatoms. The highest BCUT2D eigenvalue weighted by molar-refractivity contribution is 6.11. The number of rotatable bonds is 7. The Balaban J connectivity index is 0.958. The third-order valence-electron chi connectivity index (χ3n) is 12.2. The maximum atomic E-state index is 6.43. The largest absolute Gasteiger partial charge is 0.455 e. The van der Waals surface area contributed by atoms with Gasteiger partial charge in [0, 0.05) is 49.7 Å². The van der Waals surface area contributed by atoms with Gasteiger partial charge in [0.15, 0.2) is 0 Å². The van der Waals surface area contributed by atoms with Crippen LogP contribution in [0.2, 0.25) is 0 Å². The number of anilines is 3. The van der Waals surface area contributed by atoms with Crippen LogP contribution in [0.25, 0.3) is 93.6 Å². The molecule has 12 rings (SSSR count). The Morgan fingerprint density at radius 2 is 0.902 bits per heavy atom. The first-order valence-corrected chi connectivity index (χ1v) is 20.8. The van der Waals surface area contributed by atoms with E-state index in [-0.39, 0.29) is 0 Å². The average molecular weight is 779 g/mol. The quantitative estimate of drug-likeness (QED) is 0.161. The molecule has 0 unspecified atom stereocenters. The van der Waals surface area contributed by atoms with Crippen LogP contribution >= 0.6 is 0 Å². The maximum absolute atomic E-state index is 6.43. The molecular formula is C58H38N2O. The van der Waals surface area contributed by atoms with Crippen molar-refractivity contribution in [1.29, 1.82) is 0 Å². The minimum Gasteiger partial charge on any atom is -0.455 e. The van der Waals surface area contributed by atoms with Gasteiger partial charge in [-0.15, -0.1) is 0 Å². The molecule has 0 aliphatic rings. The van der Waals surface area contributed by atoms with Gasteiger partial charge in [-0.05, 0) is 99.8 Å². The van der Waals surface area contributed by atoms with Crippen molar-refractivity contribution in [1.82, 2.24) is 4.57 Å². The van der Waals surface area contributed by atoms with E-state index in [4.69, 9.17) is 4.42 Å². The summed E-state index contributed by atoms with van der Waals surface area (Å²) in [6, 6.07) is 83.0. The molecule has 3 nitrogen and oxygen atoms in total. The normalized spacial score (nSPS) is 11.6. The van der Waals surface area contributed by atoms with Crippen LogP contribution in [0.3, 0.4) is 0 Å². The first kappa shape index (κ1) is 34.9. The molecule has 0 bridgehead atoms. The SMILES string of the molecule is c1cc(-c2cccc(N(c3ccc(-c4cccc5c4oc4ccccc45)cc3)c3ccc4ccccc4c3)c2)cc(-c2ccccc2-n2c3ccccc3c3ccccc32)c1. The lowest BCUT2D eigenvalue weighted by atomic mass is 9.97. The molecule has 61 heavy (non-hydrogen) atoms. The second-order valence-electron chi connectivity index (χ2n) is 15.7. The van der Waals surface area contributed by atoms with Gasteiger partial charge in [-0.25, -0.2) is 0 Å². The highest BCUT2D eigenvalue weighted by Crippen LogP contribution is 2.42. The minimum atomic E-state index is 0.904. The number of hydrogen-bond acceptors (Lipinski definition) is 2. The molecule has 286 valence electrons. The lowest BCUT2D eigenvalue weighted by Crippen LogP contribution is -2.10. The number of fused-ring (bicyclic) bond motifs is 7. The van der Waals surface area contributed by atoms with Gasteiger partial charge in [0.05, 0.1) is 16.7 Å². The summed E-state index contributed by atoms with van der Waals surface area (Å²) in [7, 11) is 0. The highest BCUT2D eigenvalue weighted by atomic mass is 16.3. The lowest BCUT2D eigenvalue weighted by molar-refractivity contribution is 0.670. The molecule has 2 heterocycles. The Labute approximate surface area is 353 Å². The molecule has 12 aromatic rings. The Morgan fingerprint density at radius 3 is 1.72 bits per heavy atom. The van der Waals surface area contributed by atoms with Crippen LogP contribution in [0.1, 0.15) is 0 Å². The molecule has 0 aliphatic heterocycles. The van der Waals surface area contributed by atoms with E-state index in [9.17, 15) is 0 Å². The van der Waals surface area contributed by atoms with Gasteiger partial charge in [0.2, 0.25) is 0 Å². The molecule has 0 fully saturated rings. The Kier molecular flexibility index (Phi) is 8.17. The third-order valence-corrected chi connectivity index (χ3v) is 12.2. The van der Waals surface area contributed by atoms with E-state index in [0.717, 1.165) is 66.9 Å². The zero-order valence-corrected chi connectivity index (χ0v) is 33.2. The van der Waals surface area contributed by atoms with Crippen molar-refractivity contribution in [2.75, 3.05) is 4.90 Å². The fourth-order valence-corrected chi connectivity index (χ4v) is 9.31.